The number of nitrogens with one attached hydrogen (secondary N) is 1. The SMILES string of the molecule is CCCNCc1ccc(Cl)cc1N1CC2CCC(O)C2C1. The van der Waals surface area contributed by atoms with Crippen LogP contribution in [0.2, 0.25) is 5.02 Å². The molecule has 4 heteroatoms. The molecule has 3 rings (SSSR count). The second kappa shape index (κ2) is 6.55. The largest absolute Gasteiger partial charge is 0.393 e. The molecule has 1 aliphatic carbocycles. The molecule has 0 spiro atoms. The van der Waals surface area contributed by atoms with E-state index in [0.29, 0.717) is 11.8 Å². The number of benzene rings is 1. The fourth-order valence-corrected chi connectivity index (χ4v) is 3.98. The van der Waals surface area contributed by atoms with Gasteiger partial charge in [-0.3, -0.25) is 0 Å². The average Bonchev–Trinajstić information content (AvgIpc) is 3.03. The van der Waals surface area contributed by atoms with Crippen LogP contribution < -0.4 is 10.2 Å². The van der Waals surface area contributed by atoms with Crippen LogP contribution in [0.5, 0.6) is 0 Å². The minimum Gasteiger partial charge on any atom is -0.393 e. The zero-order chi connectivity index (χ0) is 14.8. The molecule has 0 amide bonds. The van der Waals surface area contributed by atoms with E-state index in [9.17, 15) is 5.11 Å². The summed E-state index contributed by atoms with van der Waals surface area (Å²) in [5.41, 5.74) is 2.55. The summed E-state index contributed by atoms with van der Waals surface area (Å²) in [4.78, 5) is 2.42. The van der Waals surface area contributed by atoms with Crippen LogP contribution in [0.25, 0.3) is 0 Å². The molecule has 0 radical (unpaired) electrons. The molecular formula is C17H25ClN2O. The molecule has 1 heterocycles. The minimum atomic E-state index is -0.110. The summed E-state index contributed by atoms with van der Waals surface area (Å²) >= 11 is 6.21. The lowest BCUT2D eigenvalue weighted by Gasteiger charge is -2.24. The van der Waals surface area contributed by atoms with Gasteiger partial charge in [-0.05, 0) is 49.4 Å². The van der Waals surface area contributed by atoms with Gasteiger partial charge in [0.2, 0.25) is 0 Å². The molecule has 3 unspecified atom stereocenters. The maximum absolute atomic E-state index is 10.1. The molecule has 2 aliphatic rings. The van der Waals surface area contributed by atoms with Crippen molar-refractivity contribution in [2.45, 2.75) is 38.8 Å². The van der Waals surface area contributed by atoms with E-state index in [4.69, 9.17) is 11.6 Å². The minimum absolute atomic E-state index is 0.110. The Kier molecular flexibility index (Phi) is 4.72. The average molecular weight is 309 g/mol. The number of halogens is 1. The summed E-state index contributed by atoms with van der Waals surface area (Å²) in [6.45, 7) is 6.12. The number of aliphatic hydroxyl groups is 1. The maximum Gasteiger partial charge on any atom is 0.0588 e. The van der Waals surface area contributed by atoms with E-state index in [1.54, 1.807) is 0 Å². The molecule has 0 bridgehead atoms. The highest BCUT2D eigenvalue weighted by atomic mass is 35.5. The van der Waals surface area contributed by atoms with Crippen LogP contribution in [0.1, 0.15) is 31.7 Å². The molecule has 3 atom stereocenters. The zero-order valence-electron chi connectivity index (χ0n) is 12.7. The molecule has 2 fully saturated rings. The number of hydrogen-bond donors (Lipinski definition) is 2. The van der Waals surface area contributed by atoms with Crippen molar-refractivity contribution < 1.29 is 5.11 Å². The van der Waals surface area contributed by atoms with Gasteiger partial charge in [-0.2, -0.15) is 0 Å². The Morgan fingerprint density at radius 3 is 2.95 bits per heavy atom. The van der Waals surface area contributed by atoms with Gasteiger partial charge in [0, 0.05) is 36.3 Å². The van der Waals surface area contributed by atoms with Gasteiger partial charge in [-0.25, -0.2) is 0 Å². The van der Waals surface area contributed by atoms with Crippen molar-refractivity contribution in [3.63, 3.8) is 0 Å². The first-order valence-corrected chi connectivity index (χ1v) is 8.49. The van der Waals surface area contributed by atoms with Gasteiger partial charge in [-0.1, -0.05) is 24.6 Å². The highest BCUT2D eigenvalue weighted by Crippen LogP contribution is 2.41. The van der Waals surface area contributed by atoms with Crippen LogP contribution in [0.3, 0.4) is 0 Å². The van der Waals surface area contributed by atoms with Crippen LogP contribution in [0.15, 0.2) is 18.2 Å². The van der Waals surface area contributed by atoms with E-state index in [0.717, 1.165) is 50.5 Å². The lowest BCUT2D eigenvalue weighted by atomic mass is 10.00. The zero-order valence-corrected chi connectivity index (χ0v) is 13.4. The normalized spacial score (nSPS) is 28.1. The Balaban J connectivity index is 1.76. The molecule has 1 aromatic rings. The third-order valence-corrected chi connectivity index (χ3v) is 5.18. The van der Waals surface area contributed by atoms with Crippen molar-refractivity contribution in [1.82, 2.24) is 5.32 Å². The lowest BCUT2D eigenvalue weighted by Crippen LogP contribution is -2.26. The van der Waals surface area contributed by atoms with E-state index in [1.165, 1.54) is 11.3 Å². The van der Waals surface area contributed by atoms with Crippen LogP contribution in [0.4, 0.5) is 5.69 Å². The van der Waals surface area contributed by atoms with Crippen molar-refractivity contribution in [2.24, 2.45) is 11.8 Å². The molecular weight excluding hydrogens is 284 g/mol. The number of nitrogens with zero attached hydrogens (tertiary/aromatic N) is 1. The standard InChI is InChI=1S/C17H25ClN2O/c1-2-7-19-9-12-3-5-14(18)8-16(12)20-10-13-4-6-17(21)15(13)11-20/h3,5,8,13,15,17,19,21H,2,4,6-7,9-11H2,1H3. The Morgan fingerprint density at radius 2 is 2.19 bits per heavy atom. The summed E-state index contributed by atoms with van der Waals surface area (Å²) in [5, 5.41) is 14.4. The third-order valence-electron chi connectivity index (χ3n) is 4.95. The Hall–Kier alpha value is -0.770. The predicted octanol–water partition coefficient (Wildman–Crippen LogP) is 3.05. The molecule has 1 saturated heterocycles. The van der Waals surface area contributed by atoms with Crippen LogP contribution in [0, 0.1) is 11.8 Å². The van der Waals surface area contributed by atoms with Gasteiger partial charge < -0.3 is 15.3 Å². The molecule has 1 aromatic carbocycles. The molecule has 1 saturated carbocycles. The summed E-state index contributed by atoms with van der Waals surface area (Å²) in [5.74, 6) is 1.09. The maximum atomic E-state index is 10.1. The van der Waals surface area contributed by atoms with E-state index >= 15 is 0 Å². The number of rotatable bonds is 5. The summed E-state index contributed by atoms with van der Waals surface area (Å²) in [7, 11) is 0. The molecule has 3 nitrogen and oxygen atoms in total. The quantitative estimate of drug-likeness (QED) is 0.821. The topological polar surface area (TPSA) is 35.5 Å². The Labute approximate surface area is 132 Å². The van der Waals surface area contributed by atoms with Gasteiger partial charge in [0.1, 0.15) is 0 Å². The number of hydrogen-bond acceptors (Lipinski definition) is 3. The lowest BCUT2D eigenvalue weighted by molar-refractivity contribution is 0.133. The first-order chi connectivity index (χ1) is 10.2. The molecule has 21 heavy (non-hydrogen) atoms. The highest BCUT2D eigenvalue weighted by molar-refractivity contribution is 6.30. The fourth-order valence-electron chi connectivity index (χ4n) is 3.81. The number of aliphatic hydroxyl groups excluding tert-OH is 1. The predicted molar refractivity (Wildman–Crippen MR) is 87.9 cm³/mol. The van der Waals surface area contributed by atoms with E-state index < -0.39 is 0 Å². The molecule has 0 aromatic heterocycles. The Bertz CT molecular complexity index is 494. The van der Waals surface area contributed by atoms with Crippen molar-refractivity contribution in [3.05, 3.63) is 28.8 Å². The van der Waals surface area contributed by atoms with Gasteiger partial charge in [0.25, 0.3) is 0 Å². The first-order valence-electron chi connectivity index (χ1n) is 8.11. The fraction of sp³-hybridized carbons (Fsp3) is 0.647. The van der Waals surface area contributed by atoms with Crippen molar-refractivity contribution in [3.8, 4) is 0 Å². The van der Waals surface area contributed by atoms with Gasteiger partial charge in [-0.15, -0.1) is 0 Å². The summed E-state index contributed by atoms with van der Waals surface area (Å²) in [6, 6.07) is 6.18. The molecule has 116 valence electrons. The van der Waals surface area contributed by atoms with Gasteiger partial charge in [0.15, 0.2) is 0 Å². The number of fused-ring (bicyclic) bond motifs is 1. The first kappa shape index (κ1) is 15.1. The highest BCUT2D eigenvalue weighted by Gasteiger charge is 2.42. The van der Waals surface area contributed by atoms with E-state index in [-0.39, 0.29) is 6.10 Å². The van der Waals surface area contributed by atoms with Crippen molar-refractivity contribution in [2.75, 3.05) is 24.5 Å². The van der Waals surface area contributed by atoms with Crippen LogP contribution in [-0.4, -0.2) is 30.8 Å². The molecule has 1 aliphatic heterocycles. The second-order valence-electron chi connectivity index (χ2n) is 6.42. The smallest absolute Gasteiger partial charge is 0.0588 e. The Morgan fingerprint density at radius 1 is 1.33 bits per heavy atom. The van der Waals surface area contributed by atoms with Crippen molar-refractivity contribution in [1.29, 1.82) is 0 Å². The van der Waals surface area contributed by atoms with Gasteiger partial charge in [0.05, 0.1) is 6.10 Å². The summed E-state index contributed by atoms with van der Waals surface area (Å²) < 4.78 is 0. The second-order valence-corrected chi connectivity index (χ2v) is 6.86. The summed E-state index contributed by atoms with van der Waals surface area (Å²) in [6.07, 6.45) is 3.17. The molecule has 2 N–H and O–H groups in total. The monoisotopic (exact) mass is 308 g/mol. The van der Waals surface area contributed by atoms with Crippen LogP contribution in [-0.2, 0) is 6.54 Å². The van der Waals surface area contributed by atoms with Crippen LogP contribution >= 0.6 is 11.6 Å². The number of anilines is 1. The van der Waals surface area contributed by atoms with E-state index in [1.807, 2.05) is 6.07 Å². The van der Waals surface area contributed by atoms with Crippen molar-refractivity contribution >= 4 is 17.3 Å². The third kappa shape index (κ3) is 3.20. The van der Waals surface area contributed by atoms with E-state index in [2.05, 4.69) is 29.3 Å². The van der Waals surface area contributed by atoms with Gasteiger partial charge >= 0.3 is 0 Å².